The van der Waals surface area contributed by atoms with Crippen LogP contribution in [0.1, 0.15) is 35.3 Å². The van der Waals surface area contributed by atoms with Crippen LogP contribution in [0.4, 0.5) is 48.6 Å². The van der Waals surface area contributed by atoms with Crippen LogP contribution in [0.25, 0.3) is 0 Å². The van der Waals surface area contributed by atoms with Crippen LogP contribution < -0.4 is 20.9 Å². The summed E-state index contributed by atoms with van der Waals surface area (Å²) in [5, 5.41) is 2.70. The van der Waals surface area contributed by atoms with Gasteiger partial charge in [-0.2, -0.15) is 18.2 Å². The molecule has 14 heteroatoms. The van der Waals surface area contributed by atoms with E-state index in [2.05, 4.69) is 15.3 Å². The highest BCUT2D eigenvalue weighted by atomic mass is 19.4. The number of nitrogens with zero attached hydrogens (tertiary/aromatic N) is 4. The number of amides is 3. The van der Waals surface area contributed by atoms with Crippen molar-refractivity contribution in [2.75, 3.05) is 22.1 Å². The van der Waals surface area contributed by atoms with Crippen LogP contribution in [-0.4, -0.2) is 34.0 Å². The topological polar surface area (TPSA) is 104 Å². The second kappa shape index (κ2) is 9.50. The van der Waals surface area contributed by atoms with Gasteiger partial charge < -0.3 is 16.0 Å². The maximum absolute atomic E-state index is 14.4. The van der Waals surface area contributed by atoms with Crippen LogP contribution in [-0.2, 0) is 12.7 Å². The van der Waals surface area contributed by atoms with Crippen molar-refractivity contribution in [3.8, 4) is 0 Å². The van der Waals surface area contributed by atoms with E-state index in [1.807, 2.05) is 0 Å². The van der Waals surface area contributed by atoms with Gasteiger partial charge in [-0.1, -0.05) is 6.07 Å². The maximum Gasteiger partial charge on any atom is 0.416 e. The molecule has 0 spiro atoms. The maximum atomic E-state index is 14.4. The monoisotopic (exact) mass is 538 g/mol. The number of carbonyl (C=O) groups is 2. The summed E-state index contributed by atoms with van der Waals surface area (Å²) >= 11 is 0. The second-order valence-corrected chi connectivity index (χ2v) is 9.17. The van der Waals surface area contributed by atoms with Crippen LogP contribution >= 0.6 is 0 Å². The minimum atomic E-state index is -4.78. The minimum absolute atomic E-state index is 0.133. The molecule has 0 radical (unpaired) electrons. The number of hydrogen-bond acceptors (Lipinski definition) is 5. The Morgan fingerprint density at radius 1 is 1.18 bits per heavy atom. The Morgan fingerprint density at radius 3 is 2.50 bits per heavy atom. The van der Waals surface area contributed by atoms with Gasteiger partial charge in [0, 0.05) is 23.5 Å². The van der Waals surface area contributed by atoms with Crippen LogP contribution in [0, 0.1) is 17.5 Å². The predicted molar refractivity (Wildman–Crippen MR) is 125 cm³/mol. The molecule has 1 aliphatic heterocycles. The number of aromatic nitrogens is 2. The molecule has 3 N–H and O–H groups in total. The summed E-state index contributed by atoms with van der Waals surface area (Å²) in [6.07, 6.45) is -3.82. The van der Waals surface area contributed by atoms with Gasteiger partial charge in [-0.15, -0.1) is 0 Å². The number of nitrogens with two attached hydrogens (primary N) is 1. The smallest absolute Gasteiger partial charge is 0.383 e. The molecule has 0 atom stereocenters. The second-order valence-electron chi connectivity index (χ2n) is 9.17. The molecule has 0 aliphatic carbocycles. The predicted octanol–water partition coefficient (Wildman–Crippen LogP) is 4.65. The normalized spacial score (nSPS) is 14.9. The first-order valence-corrected chi connectivity index (χ1v) is 11.0. The van der Waals surface area contributed by atoms with Crippen molar-refractivity contribution in [2.45, 2.75) is 32.1 Å². The van der Waals surface area contributed by atoms with Gasteiger partial charge >= 0.3 is 12.2 Å². The Bertz CT molecular complexity index is 1430. The molecular weight excluding hydrogens is 518 g/mol. The zero-order valence-electron chi connectivity index (χ0n) is 19.9. The zero-order valence-corrected chi connectivity index (χ0v) is 19.9. The van der Waals surface area contributed by atoms with E-state index in [4.69, 9.17) is 5.73 Å². The van der Waals surface area contributed by atoms with Gasteiger partial charge in [0.25, 0.3) is 5.91 Å². The average Bonchev–Trinajstić information content (AvgIpc) is 3.11. The number of nitrogen functional groups attached to an aromatic ring is 1. The summed E-state index contributed by atoms with van der Waals surface area (Å²) in [4.78, 5) is 35.6. The van der Waals surface area contributed by atoms with E-state index in [1.54, 1.807) is 13.8 Å². The molecule has 38 heavy (non-hydrogen) atoms. The first-order chi connectivity index (χ1) is 17.7. The van der Waals surface area contributed by atoms with Gasteiger partial charge in [0.2, 0.25) is 5.95 Å². The van der Waals surface area contributed by atoms with Gasteiger partial charge in [-0.05, 0) is 38.1 Å². The fraction of sp³-hybridized carbons (Fsp3) is 0.250. The molecule has 3 amide bonds. The number of carbonyl (C=O) groups excluding carboxylic acids is 2. The van der Waals surface area contributed by atoms with Crippen molar-refractivity contribution in [3.05, 3.63) is 76.7 Å². The Labute approximate surface area is 212 Å². The van der Waals surface area contributed by atoms with Crippen LogP contribution in [0.15, 0.2) is 42.6 Å². The van der Waals surface area contributed by atoms with Gasteiger partial charge in [0.15, 0.2) is 11.6 Å². The van der Waals surface area contributed by atoms with E-state index < -0.39 is 70.2 Å². The van der Waals surface area contributed by atoms with E-state index >= 15 is 0 Å². The highest BCUT2D eigenvalue weighted by Crippen LogP contribution is 2.33. The number of nitrogens with one attached hydrogen (secondary N) is 1. The fourth-order valence-corrected chi connectivity index (χ4v) is 3.88. The van der Waals surface area contributed by atoms with E-state index in [-0.39, 0.29) is 24.2 Å². The molecule has 0 unspecified atom stereocenters. The van der Waals surface area contributed by atoms with Crippen LogP contribution in [0.5, 0.6) is 0 Å². The Hall–Kier alpha value is -4.36. The van der Waals surface area contributed by atoms with E-state index in [9.17, 15) is 35.9 Å². The molecule has 3 aromatic rings. The van der Waals surface area contributed by atoms with Crippen molar-refractivity contribution in [3.63, 3.8) is 0 Å². The molecule has 1 aromatic heterocycles. The largest absolute Gasteiger partial charge is 0.416 e. The number of urea groups is 1. The van der Waals surface area contributed by atoms with Gasteiger partial charge in [-0.3, -0.25) is 9.69 Å². The molecule has 8 nitrogen and oxygen atoms in total. The summed E-state index contributed by atoms with van der Waals surface area (Å²) in [6.45, 7) is 2.84. The molecule has 2 heterocycles. The Morgan fingerprint density at radius 2 is 1.89 bits per heavy atom. The number of halogens is 6. The minimum Gasteiger partial charge on any atom is -0.383 e. The molecule has 1 aliphatic rings. The number of hydrogen-bond donors (Lipinski definition) is 2. The highest BCUT2D eigenvalue weighted by Gasteiger charge is 2.37. The third-order valence-electron chi connectivity index (χ3n) is 5.65. The lowest BCUT2D eigenvalue weighted by atomic mass is 10.1. The number of rotatable bonds is 5. The van der Waals surface area contributed by atoms with Crippen molar-refractivity contribution in [2.24, 2.45) is 0 Å². The Kier molecular flexibility index (Phi) is 6.68. The van der Waals surface area contributed by atoms with Crippen molar-refractivity contribution < 1.29 is 35.9 Å². The third kappa shape index (κ3) is 5.33. The first-order valence-electron chi connectivity index (χ1n) is 11.0. The average molecular weight is 538 g/mol. The first kappa shape index (κ1) is 26.7. The summed E-state index contributed by atoms with van der Waals surface area (Å²) in [5.74, 6) is -5.83. The van der Waals surface area contributed by atoms with Gasteiger partial charge in [0.1, 0.15) is 17.2 Å². The molecule has 4 rings (SSSR count). The number of benzene rings is 2. The lowest BCUT2D eigenvalue weighted by Crippen LogP contribution is -2.36. The molecule has 2 aromatic carbocycles. The summed E-state index contributed by atoms with van der Waals surface area (Å²) in [5.41, 5.74) is 2.83. The number of anilines is 3. The number of alkyl halides is 3. The summed E-state index contributed by atoms with van der Waals surface area (Å²) < 4.78 is 82.2. The fourth-order valence-electron chi connectivity index (χ4n) is 3.88. The molecule has 0 bridgehead atoms. The van der Waals surface area contributed by atoms with Gasteiger partial charge in [0.05, 0.1) is 24.2 Å². The van der Waals surface area contributed by atoms with Crippen LogP contribution in [0.2, 0.25) is 0 Å². The Balaban J connectivity index is 1.76. The lowest BCUT2D eigenvalue weighted by molar-refractivity contribution is -0.137. The molecule has 1 fully saturated rings. The molecular formula is C24H20F6N6O2. The van der Waals surface area contributed by atoms with E-state index in [1.165, 1.54) is 4.90 Å². The van der Waals surface area contributed by atoms with Crippen LogP contribution in [0.3, 0.4) is 0 Å². The molecule has 1 saturated heterocycles. The van der Waals surface area contributed by atoms with Crippen molar-refractivity contribution in [1.29, 1.82) is 0 Å². The molecule has 0 saturated carbocycles. The quantitative estimate of drug-likeness (QED) is 0.364. The van der Waals surface area contributed by atoms with Crippen molar-refractivity contribution >= 4 is 29.4 Å². The van der Waals surface area contributed by atoms with Gasteiger partial charge in [-0.25, -0.2) is 22.9 Å². The van der Waals surface area contributed by atoms with E-state index in [0.29, 0.717) is 17.0 Å². The van der Waals surface area contributed by atoms with Crippen molar-refractivity contribution in [1.82, 2.24) is 15.3 Å². The summed E-state index contributed by atoms with van der Waals surface area (Å²) in [7, 11) is 0. The zero-order chi connectivity index (χ0) is 28.0. The molecule has 200 valence electrons. The standard InChI is InChI=1S/C24H20F6N6O2/c1-23(2)11-36(22(38)34-23)21-32-9-16(19(31)33-21)20(37)35(10-12-6-14(25)8-17(26)18(12)27)15-5-3-4-13(7-15)24(28,29)30/h3-9H,10-11H2,1-2H3,(H,34,38)(H2,31,32,33). The summed E-state index contributed by atoms with van der Waals surface area (Å²) in [6, 6.07) is 3.90. The van der Waals surface area contributed by atoms with E-state index in [0.717, 1.165) is 24.4 Å². The highest BCUT2D eigenvalue weighted by molar-refractivity contribution is 6.08. The lowest BCUT2D eigenvalue weighted by Gasteiger charge is -2.25. The SMILES string of the molecule is CC1(C)CN(c2ncc(C(=O)N(Cc3cc(F)cc(F)c3F)c3cccc(C(F)(F)F)c3)c(N)n2)C(=O)N1. The third-order valence-corrected chi connectivity index (χ3v) is 5.65.